The van der Waals surface area contributed by atoms with Gasteiger partial charge in [0.15, 0.2) is 5.82 Å². The lowest BCUT2D eigenvalue weighted by molar-refractivity contribution is 0.0952. The van der Waals surface area contributed by atoms with Gasteiger partial charge in [0.1, 0.15) is 0 Å². The van der Waals surface area contributed by atoms with E-state index in [0.717, 1.165) is 51.9 Å². The smallest absolute Gasteiger partial charge is 0.269 e. The van der Waals surface area contributed by atoms with E-state index in [1.165, 1.54) is 23.1 Å². The summed E-state index contributed by atoms with van der Waals surface area (Å²) in [5, 5.41) is 10.8. The highest BCUT2D eigenvalue weighted by molar-refractivity contribution is 6.07. The molecule has 2 aromatic heterocycles. The zero-order valence-corrected chi connectivity index (χ0v) is 19.4. The van der Waals surface area contributed by atoms with Gasteiger partial charge in [-0.1, -0.05) is 18.2 Å². The van der Waals surface area contributed by atoms with Crippen LogP contribution in [0.5, 0.6) is 0 Å². The van der Waals surface area contributed by atoms with Gasteiger partial charge in [-0.2, -0.15) is 10.1 Å². The van der Waals surface area contributed by atoms with Crippen LogP contribution in [-0.2, 0) is 5.54 Å². The van der Waals surface area contributed by atoms with Gasteiger partial charge in [0.2, 0.25) is 5.95 Å². The number of carbonyl (C=O) groups is 1. The van der Waals surface area contributed by atoms with Crippen molar-refractivity contribution in [1.82, 2.24) is 25.0 Å². The second-order valence-electron chi connectivity index (χ2n) is 9.90. The molecule has 7 nitrogen and oxygen atoms in total. The number of pyridine rings is 1. The minimum Gasteiger partial charge on any atom is -0.342 e. The van der Waals surface area contributed by atoms with E-state index < -0.39 is 0 Å². The van der Waals surface area contributed by atoms with E-state index in [0.29, 0.717) is 17.7 Å². The predicted molar refractivity (Wildman–Crippen MR) is 135 cm³/mol. The van der Waals surface area contributed by atoms with Crippen LogP contribution in [0.15, 0.2) is 54.7 Å². The van der Waals surface area contributed by atoms with E-state index >= 15 is 0 Å². The lowest BCUT2D eigenvalue weighted by atomic mass is 9.99. The number of fused-ring (bicyclic) bond motifs is 2. The molecule has 2 N–H and O–H groups in total. The molecule has 0 atom stereocenters. The summed E-state index contributed by atoms with van der Waals surface area (Å²) >= 11 is 0. The molecule has 0 saturated heterocycles. The number of rotatable bonds is 5. The van der Waals surface area contributed by atoms with Crippen molar-refractivity contribution in [3.05, 3.63) is 77.1 Å². The van der Waals surface area contributed by atoms with Gasteiger partial charge in [-0.05, 0) is 79.6 Å². The van der Waals surface area contributed by atoms with Gasteiger partial charge < -0.3 is 10.6 Å². The topological polar surface area (TPSA) is 84.7 Å². The molecule has 3 aliphatic rings. The van der Waals surface area contributed by atoms with Gasteiger partial charge >= 0.3 is 0 Å². The number of benzene rings is 2. The fourth-order valence-corrected chi connectivity index (χ4v) is 5.06. The molecule has 2 fully saturated rings. The van der Waals surface area contributed by atoms with Crippen molar-refractivity contribution in [2.75, 3.05) is 5.32 Å². The zero-order valence-electron chi connectivity index (χ0n) is 19.4. The molecule has 1 amide bonds. The Morgan fingerprint density at radius 2 is 1.86 bits per heavy atom. The van der Waals surface area contributed by atoms with E-state index in [1.54, 1.807) is 0 Å². The monoisotopic (exact) mass is 458 g/mol. The van der Waals surface area contributed by atoms with Crippen LogP contribution in [0.3, 0.4) is 0 Å². The van der Waals surface area contributed by atoms with Gasteiger partial charge in [-0.15, -0.1) is 0 Å². The molecule has 2 saturated carbocycles. The Balaban J connectivity index is 1.14. The number of nitrogens with zero attached hydrogens (tertiary/aromatic N) is 4. The maximum atomic E-state index is 12.2. The van der Waals surface area contributed by atoms with Crippen molar-refractivity contribution in [2.24, 2.45) is 0 Å². The third kappa shape index (κ3) is 3.43. The Hall–Kier alpha value is -3.94. The van der Waals surface area contributed by atoms with E-state index in [4.69, 9.17) is 7.98 Å². The zero-order chi connectivity index (χ0) is 23.7. The van der Waals surface area contributed by atoms with Crippen LogP contribution < -0.4 is 10.6 Å². The van der Waals surface area contributed by atoms with Crippen LogP contribution in [-0.4, -0.2) is 33.5 Å². The summed E-state index contributed by atoms with van der Waals surface area (Å²) < 4.78 is 1.25. The first kappa shape index (κ1) is 20.4. The number of amides is 1. The van der Waals surface area contributed by atoms with E-state index in [9.17, 15) is 4.79 Å². The van der Waals surface area contributed by atoms with Gasteiger partial charge in [-0.3, -0.25) is 14.4 Å². The Labute approximate surface area is 204 Å². The molecular formula is C27H23BN6O. The number of hydrogen-bond donors (Lipinski definition) is 2. The predicted octanol–water partition coefficient (Wildman–Crippen LogP) is 4.60. The molecule has 4 aromatic rings. The third-order valence-corrected chi connectivity index (χ3v) is 7.35. The van der Waals surface area contributed by atoms with Gasteiger partial charge in [0, 0.05) is 40.2 Å². The highest BCUT2D eigenvalue weighted by Gasteiger charge is 2.52. The molecule has 170 valence electrons. The molecule has 1 spiro atoms. The molecule has 8 heteroatoms. The van der Waals surface area contributed by atoms with Crippen LogP contribution in [0.1, 0.15) is 58.8 Å². The van der Waals surface area contributed by atoms with Crippen LogP contribution in [0, 0.1) is 6.92 Å². The Morgan fingerprint density at radius 3 is 2.57 bits per heavy atom. The summed E-state index contributed by atoms with van der Waals surface area (Å²) in [6.07, 6.45) is 6.42. The molecule has 7 rings (SSSR count). The summed E-state index contributed by atoms with van der Waals surface area (Å²) in [5.41, 5.74) is 7.89. The minimum absolute atomic E-state index is 0.00165. The highest BCUT2D eigenvalue weighted by Crippen LogP contribution is 2.51. The van der Waals surface area contributed by atoms with E-state index in [-0.39, 0.29) is 11.4 Å². The lowest BCUT2D eigenvalue weighted by Gasteiger charge is -2.10. The quantitative estimate of drug-likeness (QED) is 0.427. The fraction of sp³-hybridized carbons (Fsp3) is 0.259. The largest absolute Gasteiger partial charge is 0.342 e. The standard InChI is InChI=1S/C27H23BN6O/c1-15-12-17(4-7-20(15)18-5-9-23(29-14-18)16-2-3-16)24-31-26(34(28)33-24)30-19-6-8-21-22(13-19)27(10-11-27)32-25(21)35/h4-9,12-14,16H,2-3,10-11H2,1H3,(H,32,35)(H,30,31,33). The SMILES string of the molecule is [B]n1nc(-c2ccc(-c3ccc(C4CC4)nc3)c(C)c2)nc1Nc1ccc2c(c1)C1(CC1)NC2=O. The molecule has 0 bridgehead atoms. The van der Waals surface area contributed by atoms with Crippen LogP contribution in [0.25, 0.3) is 22.5 Å². The minimum atomic E-state index is -0.182. The normalized spacial score (nSPS) is 17.3. The third-order valence-electron chi connectivity index (χ3n) is 7.35. The molecule has 2 aliphatic carbocycles. The number of aryl methyl sites for hydroxylation is 1. The maximum Gasteiger partial charge on any atom is 0.269 e. The number of nitrogens with one attached hydrogen (secondary N) is 2. The first-order chi connectivity index (χ1) is 17.0. The van der Waals surface area contributed by atoms with E-state index in [2.05, 4.69) is 56.9 Å². The lowest BCUT2D eigenvalue weighted by Crippen LogP contribution is -2.25. The second kappa shape index (κ2) is 7.28. The van der Waals surface area contributed by atoms with Crippen molar-refractivity contribution < 1.29 is 4.79 Å². The Kier molecular flexibility index (Phi) is 4.25. The first-order valence-corrected chi connectivity index (χ1v) is 12.0. The average molecular weight is 458 g/mol. The van der Waals surface area contributed by atoms with Gasteiger partial charge in [0.25, 0.3) is 13.9 Å². The highest BCUT2D eigenvalue weighted by atomic mass is 16.2. The van der Waals surface area contributed by atoms with Crippen molar-refractivity contribution in [3.63, 3.8) is 0 Å². The maximum absolute atomic E-state index is 12.2. The van der Waals surface area contributed by atoms with Crippen molar-refractivity contribution >= 4 is 25.5 Å². The second-order valence-corrected chi connectivity index (χ2v) is 9.90. The Morgan fingerprint density at radius 1 is 1.06 bits per heavy atom. The molecule has 2 aromatic carbocycles. The van der Waals surface area contributed by atoms with Crippen molar-refractivity contribution in [1.29, 1.82) is 0 Å². The van der Waals surface area contributed by atoms with Crippen molar-refractivity contribution in [3.8, 4) is 22.5 Å². The number of hydrogen-bond acceptors (Lipinski definition) is 5. The summed E-state index contributed by atoms with van der Waals surface area (Å²) in [4.78, 5) is 21.5. The number of anilines is 2. The summed E-state index contributed by atoms with van der Waals surface area (Å²) in [7, 11) is 6.14. The molecule has 1 aliphatic heterocycles. The summed E-state index contributed by atoms with van der Waals surface area (Å²) in [5.74, 6) is 1.63. The van der Waals surface area contributed by atoms with Crippen LogP contribution in [0.2, 0.25) is 0 Å². The molecule has 2 radical (unpaired) electrons. The molecule has 3 heterocycles. The number of carbonyl (C=O) groups excluding carboxylic acids is 1. The Bertz CT molecular complexity index is 1500. The molecule has 35 heavy (non-hydrogen) atoms. The first-order valence-electron chi connectivity index (χ1n) is 12.0. The molecule has 0 unspecified atom stereocenters. The molecular weight excluding hydrogens is 435 g/mol. The van der Waals surface area contributed by atoms with E-state index in [1.807, 2.05) is 30.5 Å². The average Bonchev–Trinajstić information content (AvgIpc) is 3.78. The summed E-state index contributed by atoms with van der Waals surface area (Å²) in [6.45, 7) is 2.08. The fourth-order valence-electron chi connectivity index (χ4n) is 5.06. The number of aromatic nitrogens is 4. The van der Waals surface area contributed by atoms with Crippen molar-refractivity contribution in [2.45, 2.75) is 44.1 Å². The van der Waals surface area contributed by atoms with Crippen LogP contribution in [0.4, 0.5) is 11.6 Å². The van der Waals surface area contributed by atoms with Crippen LogP contribution >= 0.6 is 0 Å². The van der Waals surface area contributed by atoms with Gasteiger partial charge in [0.05, 0.1) is 5.54 Å². The summed E-state index contributed by atoms with van der Waals surface area (Å²) in [6, 6.07) is 16.2. The van der Waals surface area contributed by atoms with Gasteiger partial charge in [-0.25, -0.2) is 0 Å².